The largest absolute Gasteiger partial charge is 0.493 e. The summed E-state index contributed by atoms with van der Waals surface area (Å²) in [5, 5.41) is 2.82. The molecule has 0 saturated carbocycles. The highest BCUT2D eigenvalue weighted by Gasteiger charge is 2.28. The molecule has 0 aliphatic carbocycles. The molecule has 9 nitrogen and oxygen atoms in total. The minimum absolute atomic E-state index is 0.0549. The van der Waals surface area contributed by atoms with Gasteiger partial charge in [0.05, 0.1) is 26.2 Å². The number of nitrogens with zero attached hydrogens (tertiary/aromatic N) is 2. The van der Waals surface area contributed by atoms with E-state index in [0.29, 0.717) is 42.6 Å². The fourth-order valence-corrected chi connectivity index (χ4v) is 5.06. The molecule has 2 aromatic rings. The van der Waals surface area contributed by atoms with Gasteiger partial charge < -0.3 is 24.4 Å². The lowest BCUT2D eigenvalue weighted by atomic mass is 10.2. The number of rotatable bonds is 9. The number of sulfonamides is 1. The summed E-state index contributed by atoms with van der Waals surface area (Å²) in [5.74, 6) is 0.515. The Balaban J connectivity index is 1.52. The smallest absolute Gasteiger partial charge is 0.243 e. The molecule has 3 rings (SSSR count). The Labute approximate surface area is 193 Å². The van der Waals surface area contributed by atoms with E-state index in [2.05, 4.69) is 5.32 Å². The Bertz CT molecular complexity index is 1060. The van der Waals surface area contributed by atoms with Crippen molar-refractivity contribution in [3.8, 4) is 17.2 Å². The minimum Gasteiger partial charge on any atom is -0.493 e. The highest BCUT2D eigenvalue weighted by molar-refractivity contribution is 7.89. The zero-order valence-corrected chi connectivity index (χ0v) is 19.7. The Morgan fingerprint density at radius 2 is 1.64 bits per heavy atom. The van der Waals surface area contributed by atoms with Crippen molar-refractivity contribution in [1.29, 1.82) is 0 Å². The topological polar surface area (TPSA) is 97.4 Å². The molecule has 0 bridgehead atoms. The average Bonchev–Trinajstić information content (AvgIpc) is 2.82. The van der Waals surface area contributed by atoms with E-state index in [-0.39, 0.29) is 30.3 Å². The molecule has 0 spiro atoms. The molecule has 1 saturated heterocycles. The van der Waals surface area contributed by atoms with Crippen molar-refractivity contribution < 1.29 is 31.8 Å². The van der Waals surface area contributed by atoms with Gasteiger partial charge in [-0.25, -0.2) is 12.8 Å². The van der Waals surface area contributed by atoms with Crippen LogP contribution >= 0.6 is 0 Å². The Morgan fingerprint density at radius 3 is 2.18 bits per heavy atom. The van der Waals surface area contributed by atoms with Crippen molar-refractivity contribution >= 4 is 21.6 Å². The summed E-state index contributed by atoms with van der Waals surface area (Å²) in [5.41, 5.74) is 0.514. The fourth-order valence-electron chi connectivity index (χ4n) is 3.61. The Morgan fingerprint density at radius 1 is 1.00 bits per heavy atom. The van der Waals surface area contributed by atoms with Crippen molar-refractivity contribution in [3.05, 3.63) is 42.2 Å². The number of halogens is 1. The average molecular weight is 482 g/mol. The van der Waals surface area contributed by atoms with E-state index in [1.807, 2.05) is 4.90 Å². The first-order chi connectivity index (χ1) is 15.8. The lowest BCUT2D eigenvalue weighted by Gasteiger charge is -2.33. The van der Waals surface area contributed by atoms with Crippen LogP contribution in [0, 0.1) is 5.82 Å². The maximum Gasteiger partial charge on any atom is 0.243 e. The molecule has 2 aromatic carbocycles. The lowest BCUT2D eigenvalue weighted by molar-refractivity contribution is -0.116. The predicted octanol–water partition coefficient (Wildman–Crippen LogP) is 2.19. The fraction of sp³-hybridized carbons (Fsp3) is 0.409. The molecule has 33 heavy (non-hydrogen) atoms. The summed E-state index contributed by atoms with van der Waals surface area (Å²) in [7, 11) is 0.750. The van der Waals surface area contributed by atoms with Crippen molar-refractivity contribution in [3.63, 3.8) is 0 Å². The summed E-state index contributed by atoms with van der Waals surface area (Å²) >= 11 is 0. The standard InChI is InChI=1S/C22H28FN3O6S/c1-30-19-14-17(15-20(31-2)22(19)32-3)24-21(27)7-8-25-9-11-26(12-10-25)33(28,29)18-6-4-5-16(23)13-18/h4-6,13-15H,7-12H2,1-3H3,(H,24,27). The molecular weight excluding hydrogens is 453 g/mol. The summed E-state index contributed by atoms with van der Waals surface area (Å²) in [6, 6.07) is 8.29. The van der Waals surface area contributed by atoms with Crippen LogP contribution in [0.5, 0.6) is 17.2 Å². The van der Waals surface area contributed by atoms with Crippen molar-refractivity contribution in [2.75, 3.05) is 59.4 Å². The maximum absolute atomic E-state index is 13.4. The number of piperazine rings is 1. The molecule has 1 heterocycles. The zero-order valence-electron chi connectivity index (χ0n) is 18.8. The quantitative estimate of drug-likeness (QED) is 0.586. The monoisotopic (exact) mass is 481 g/mol. The summed E-state index contributed by atoms with van der Waals surface area (Å²) in [6.07, 6.45) is 0.229. The van der Waals surface area contributed by atoms with Crippen LogP contribution in [0.4, 0.5) is 10.1 Å². The number of nitrogens with one attached hydrogen (secondary N) is 1. The first kappa shape index (κ1) is 24.7. The Kier molecular flexibility index (Phi) is 8.11. The predicted molar refractivity (Wildman–Crippen MR) is 121 cm³/mol. The normalized spacial score (nSPS) is 15.2. The van der Waals surface area contributed by atoms with Crippen LogP contribution in [0.3, 0.4) is 0 Å². The highest BCUT2D eigenvalue weighted by Crippen LogP contribution is 2.39. The van der Waals surface area contributed by atoms with Crippen molar-refractivity contribution in [2.45, 2.75) is 11.3 Å². The number of anilines is 1. The Hall–Kier alpha value is -2.89. The van der Waals surface area contributed by atoms with E-state index in [0.717, 1.165) is 6.07 Å². The van der Waals surface area contributed by atoms with Gasteiger partial charge in [-0.2, -0.15) is 4.31 Å². The van der Waals surface area contributed by atoms with E-state index in [1.165, 1.54) is 43.8 Å². The third-order valence-corrected chi connectivity index (χ3v) is 7.26. The van der Waals surface area contributed by atoms with Crippen molar-refractivity contribution in [2.24, 2.45) is 0 Å². The second-order valence-corrected chi connectivity index (χ2v) is 9.35. The van der Waals surface area contributed by atoms with E-state index in [4.69, 9.17) is 14.2 Å². The highest BCUT2D eigenvalue weighted by atomic mass is 32.2. The van der Waals surface area contributed by atoms with Crippen LogP contribution in [0.2, 0.25) is 0 Å². The number of amides is 1. The summed E-state index contributed by atoms with van der Waals surface area (Å²) < 4.78 is 56.1. The number of hydrogen-bond acceptors (Lipinski definition) is 7. The molecule has 0 atom stereocenters. The summed E-state index contributed by atoms with van der Waals surface area (Å²) in [6.45, 7) is 1.98. The van der Waals surface area contributed by atoms with Crippen LogP contribution in [0.1, 0.15) is 6.42 Å². The third-order valence-electron chi connectivity index (χ3n) is 5.37. The number of hydrogen-bond donors (Lipinski definition) is 1. The first-order valence-corrected chi connectivity index (χ1v) is 11.8. The van der Waals surface area contributed by atoms with Gasteiger partial charge in [0.2, 0.25) is 21.7 Å². The second kappa shape index (κ2) is 10.8. The molecule has 0 aromatic heterocycles. The third kappa shape index (κ3) is 5.92. The molecule has 1 aliphatic heterocycles. The van der Waals surface area contributed by atoms with E-state index in [9.17, 15) is 17.6 Å². The second-order valence-electron chi connectivity index (χ2n) is 7.42. The van der Waals surface area contributed by atoms with Gasteiger partial charge in [0, 0.05) is 57.0 Å². The van der Waals surface area contributed by atoms with Gasteiger partial charge in [0.1, 0.15) is 5.82 Å². The molecule has 11 heteroatoms. The van der Waals surface area contributed by atoms with Crippen LogP contribution < -0.4 is 19.5 Å². The molecule has 180 valence electrons. The first-order valence-electron chi connectivity index (χ1n) is 10.4. The van der Waals surface area contributed by atoms with E-state index >= 15 is 0 Å². The maximum atomic E-state index is 13.4. The van der Waals surface area contributed by atoms with Gasteiger partial charge in [-0.1, -0.05) is 6.07 Å². The molecular formula is C22H28FN3O6S. The molecule has 1 amide bonds. The van der Waals surface area contributed by atoms with E-state index in [1.54, 1.807) is 12.1 Å². The number of benzene rings is 2. The van der Waals surface area contributed by atoms with Gasteiger partial charge in [-0.3, -0.25) is 4.79 Å². The van der Waals surface area contributed by atoms with E-state index < -0.39 is 15.8 Å². The summed E-state index contributed by atoms with van der Waals surface area (Å²) in [4.78, 5) is 14.4. The van der Waals surface area contributed by atoms with Crippen LogP contribution in [-0.2, 0) is 14.8 Å². The van der Waals surface area contributed by atoms with Gasteiger partial charge in [-0.15, -0.1) is 0 Å². The van der Waals surface area contributed by atoms with Gasteiger partial charge in [0.25, 0.3) is 0 Å². The SMILES string of the molecule is COc1cc(NC(=O)CCN2CCN(S(=O)(=O)c3cccc(F)c3)CC2)cc(OC)c1OC. The minimum atomic E-state index is -3.75. The zero-order chi connectivity index (χ0) is 24.0. The lowest BCUT2D eigenvalue weighted by Crippen LogP contribution is -2.49. The number of ether oxygens (including phenoxy) is 3. The van der Waals surface area contributed by atoms with Gasteiger partial charge in [-0.05, 0) is 18.2 Å². The molecule has 0 radical (unpaired) electrons. The molecule has 1 aliphatic rings. The van der Waals surface area contributed by atoms with Crippen LogP contribution in [0.25, 0.3) is 0 Å². The van der Waals surface area contributed by atoms with Gasteiger partial charge in [0.15, 0.2) is 11.5 Å². The molecule has 0 unspecified atom stereocenters. The number of carbonyl (C=O) groups excluding carboxylic acids is 1. The number of methoxy groups -OCH3 is 3. The van der Waals surface area contributed by atoms with Crippen molar-refractivity contribution in [1.82, 2.24) is 9.21 Å². The van der Waals surface area contributed by atoms with Gasteiger partial charge >= 0.3 is 0 Å². The molecule has 1 fully saturated rings. The van der Waals surface area contributed by atoms with Crippen LogP contribution in [-0.4, -0.2) is 77.6 Å². The van der Waals surface area contributed by atoms with Crippen LogP contribution in [0.15, 0.2) is 41.3 Å². The number of carbonyl (C=O) groups is 1. The molecule has 1 N–H and O–H groups in total.